The van der Waals surface area contributed by atoms with Crippen molar-refractivity contribution in [2.24, 2.45) is 0 Å². The van der Waals surface area contributed by atoms with Crippen molar-refractivity contribution < 1.29 is 4.74 Å². The fourth-order valence-corrected chi connectivity index (χ4v) is 3.16. The van der Waals surface area contributed by atoms with Crippen LogP contribution in [0.5, 0.6) is 5.75 Å². The van der Waals surface area contributed by atoms with Crippen LogP contribution in [0.3, 0.4) is 0 Å². The van der Waals surface area contributed by atoms with Crippen molar-refractivity contribution in [1.82, 2.24) is 0 Å². The van der Waals surface area contributed by atoms with Gasteiger partial charge >= 0.3 is 0 Å². The van der Waals surface area contributed by atoms with Gasteiger partial charge in [0.15, 0.2) is 0 Å². The highest BCUT2D eigenvalue weighted by molar-refractivity contribution is 6.39. The molecular weight excluding hydrogens is 292 g/mol. The van der Waals surface area contributed by atoms with Crippen LogP contribution in [-0.4, -0.2) is 7.11 Å². The van der Waals surface area contributed by atoms with E-state index in [2.05, 4.69) is 49.4 Å². The van der Waals surface area contributed by atoms with Crippen LogP contribution in [0.4, 0.5) is 0 Å². The van der Waals surface area contributed by atoms with Crippen LogP contribution in [0.25, 0.3) is 11.1 Å². The first-order valence-electron chi connectivity index (χ1n) is 7.49. The Balaban J connectivity index is 2.11. The van der Waals surface area contributed by atoms with E-state index in [1.165, 1.54) is 22.3 Å². The summed E-state index contributed by atoms with van der Waals surface area (Å²) in [6.45, 7) is 2.10. The molecule has 3 rings (SSSR count). The molecule has 0 atom stereocenters. The summed E-state index contributed by atoms with van der Waals surface area (Å²) in [6.07, 6.45) is 4.10. The Bertz CT molecular complexity index is 721. The molecule has 22 heavy (non-hydrogen) atoms. The molecule has 1 aliphatic rings. The van der Waals surface area contributed by atoms with Gasteiger partial charge in [-0.15, -0.1) is 0 Å². The molecule has 2 heteroatoms. The maximum atomic E-state index is 6.54. The zero-order valence-corrected chi connectivity index (χ0v) is 13.7. The highest BCUT2D eigenvalue weighted by atomic mass is 35.5. The predicted octanol–water partition coefficient (Wildman–Crippen LogP) is 5.83. The zero-order valence-electron chi connectivity index (χ0n) is 12.9. The third-order valence-electron chi connectivity index (χ3n) is 4.04. The minimum absolute atomic E-state index is 0.848. The van der Waals surface area contributed by atoms with Gasteiger partial charge in [0.2, 0.25) is 0 Å². The van der Waals surface area contributed by atoms with Crippen molar-refractivity contribution in [1.29, 1.82) is 0 Å². The van der Waals surface area contributed by atoms with Crippen molar-refractivity contribution >= 4 is 22.7 Å². The molecule has 1 aliphatic carbocycles. The van der Waals surface area contributed by atoms with Crippen LogP contribution < -0.4 is 4.74 Å². The summed E-state index contributed by atoms with van der Waals surface area (Å²) >= 11 is 6.54. The Labute approximate surface area is 136 Å². The number of hydrogen-bond donors (Lipinski definition) is 0. The van der Waals surface area contributed by atoms with Crippen LogP contribution in [0.1, 0.15) is 29.5 Å². The topological polar surface area (TPSA) is 9.23 Å². The zero-order chi connectivity index (χ0) is 15.5. The third-order valence-corrected chi connectivity index (χ3v) is 4.38. The fourth-order valence-electron chi connectivity index (χ4n) is 2.83. The largest absolute Gasteiger partial charge is 0.497 e. The highest BCUT2D eigenvalue weighted by Crippen LogP contribution is 2.40. The lowest BCUT2D eigenvalue weighted by Gasteiger charge is -2.20. The molecule has 0 N–H and O–H groups in total. The van der Waals surface area contributed by atoms with Crippen molar-refractivity contribution in [2.45, 2.75) is 19.8 Å². The van der Waals surface area contributed by atoms with E-state index in [1.54, 1.807) is 7.11 Å². The van der Waals surface area contributed by atoms with Crippen LogP contribution >= 0.6 is 11.6 Å². The average molecular weight is 311 g/mol. The minimum Gasteiger partial charge on any atom is -0.497 e. The van der Waals surface area contributed by atoms with Gasteiger partial charge < -0.3 is 4.74 Å². The minimum atomic E-state index is 0.848. The molecule has 0 spiro atoms. The van der Waals surface area contributed by atoms with Gasteiger partial charge in [0.1, 0.15) is 5.75 Å². The molecule has 0 saturated carbocycles. The summed E-state index contributed by atoms with van der Waals surface area (Å²) in [5, 5.41) is 0.848. The van der Waals surface area contributed by atoms with Gasteiger partial charge in [-0.1, -0.05) is 59.6 Å². The lowest BCUT2D eigenvalue weighted by Crippen LogP contribution is -1.98. The number of hydrogen-bond acceptors (Lipinski definition) is 1. The predicted molar refractivity (Wildman–Crippen MR) is 94.2 cm³/mol. The van der Waals surface area contributed by atoms with Crippen LogP contribution in [-0.2, 0) is 0 Å². The first kappa shape index (κ1) is 14.9. The average Bonchev–Trinajstić information content (AvgIpc) is 2.56. The number of benzene rings is 2. The van der Waals surface area contributed by atoms with Gasteiger partial charge in [0, 0.05) is 10.6 Å². The SMILES string of the molecule is COc1ccc(C2=C(c3ccc(C)cc3)C(Cl)=CCC2)cc1. The maximum absolute atomic E-state index is 6.54. The number of rotatable bonds is 3. The van der Waals surface area contributed by atoms with E-state index in [4.69, 9.17) is 16.3 Å². The monoisotopic (exact) mass is 310 g/mol. The summed E-state index contributed by atoms with van der Waals surface area (Å²) in [5.74, 6) is 0.874. The number of methoxy groups -OCH3 is 1. The smallest absolute Gasteiger partial charge is 0.118 e. The molecule has 0 heterocycles. The lowest BCUT2D eigenvalue weighted by atomic mass is 9.87. The molecule has 0 bridgehead atoms. The van der Waals surface area contributed by atoms with Crippen molar-refractivity contribution in [2.75, 3.05) is 7.11 Å². The van der Waals surface area contributed by atoms with Gasteiger partial charge in [-0.25, -0.2) is 0 Å². The molecule has 112 valence electrons. The molecule has 0 unspecified atom stereocenters. The normalized spacial score (nSPS) is 14.8. The van der Waals surface area contributed by atoms with Crippen molar-refractivity contribution in [3.63, 3.8) is 0 Å². The summed E-state index contributed by atoms with van der Waals surface area (Å²) in [4.78, 5) is 0. The highest BCUT2D eigenvalue weighted by Gasteiger charge is 2.18. The Morgan fingerprint density at radius 3 is 2.18 bits per heavy atom. The number of halogens is 1. The molecule has 0 fully saturated rings. The Kier molecular flexibility index (Phi) is 4.35. The Morgan fingerprint density at radius 1 is 0.909 bits per heavy atom. The van der Waals surface area contributed by atoms with E-state index in [9.17, 15) is 0 Å². The Hall–Kier alpha value is -1.99. The molecule has 2 aromatic rings. The summed E-state index contributed by atoms with van der Waals surface area (Å²) in [5.41, 5.74) is 6.10. The van der Waals surface area contributed by atoms with Crippen LogP contribution in [0, 0.1) is 6.92 Å². The van der Waals surface area contributed by atoms with Gasteiger partial charge in [-0.05, 0) is 48.6 Å². The summed E-state index contributed by atoms with van der Waals surface area (Å²) in [6, 6.07) is 16.8. The van der Waals surface area contributed by atoms with Gasteiger partial charge in [-0.3, -0.25) is 0 Å². The van der Waals surface area contributed by atoms with Gasteiger partial charge in [0.25, 0.3) is 0 Å². The Morgan fingerprint density at radius 2 is 1.55 bits per heavy atom. The van der Waals surface area contributed by atoms with E-state index in [1.807, 2.05) is 12.1 Å². The van der Waals surface area contributed by atoms with Crippen molar-refractivity contribution in [3.8, 4) is 5.75 Å². The number of allylic oxidation sites excluding steroid dienone is 4. The molecule has 0 aromatic heterocycles. The van der Waals surface area contributed by atoms with Gasteiger partial charge in [0.05, 0.1) is 7.11 Å². The van der Waals surface area contributed by atoms with Crippen LogP contribution in [0.2, 0.25) is 0 Å². The summed E-state index contributed by atoms with van der Waals surface area (Å²) in [7, 11) is 1.69. The molecule has 0 aliphatic heterocycles. The standard InChI is InChI=1S/C20H19ClO/c1-14-6-8-16(9-7-14)20-18(4-3-5-19(20)21)15-10-12-17(22-2)13-11-15/h5-13H,3-4H2,1-2H3. The molecule has 0 amide bonds. The number of aryl methyl sites for hydroxylation is 1. The van der Waals surface area contributed by atoms with E-state index >= 15 is 0 Å². The second-order valence-electron chi connectivity index (χ2n) is 5.54. The molecule has 0 radical (unpaired) electrons. The molecule has 2 aromatic carbocycles. The third kappa shape index (κ3) is 2.95. The summed E-state index contributed by atoms with van der Waals surface area (Å²) < 4.78 is 5.25. The maximum Gasteiger partial charge on any atom is 0.118 e. The van der Waals surface area contributed by atoms with E-state index in [0.29, 0.717) is 0 Å². The molecule has 1 nitrogen and oxygen atoms in total. The van der Waals surface area contributed by atoms with E-state index < -0.39 is 0 Å². The van der Waals surface area contributed by atoms with Crippen molar-refractivity contribution in [3.05, 3.63) is 76.3 Å². The quantitative estimate of drug-likeness (QED) is 0.693. The second-order valence-corrected chi connectivity index (χ2v) is 5.95. The second kappa shape index (κ2) is 6.41. The van der Waals surface area contributed by atoms with E-state index in [-0.39, 0.29) is 0 Å². The first-order chi connectivity index (χ1) is 10.7. The molecule has 0 saturated heterocycles. The first-order valence-corrected chi connectivity index (χ1v) is 7.87. The van der Waals surface area contributed by atoms with Gasteiger partial charge in [-0.2, -0.15) is 0 Å². The number of ether oxygens (including phenoxy) is 1. The fraction of sp³-hybridized carbons (Fsp3) is 0.200. The lowest BCUT2D eigenvalue weighted by molar-refractivity contribution is 0.415. The molecular formula is C20H19ClO. The van der Waals surface area contributed by atoms with E-state index in [0.717, 1.165) is 29.2 Å². The van der Waals surface area contributed by atoms with Crippen LogP contribution in [0.15, 0.2) is 59.6 Å².